The average Bonchev–Trinajstić information content (AvgIpc) is 3.47. The minimum Gasteiger partial charge on any atom is -0.337 e. The van der Waals surface area contributed by atoms with Crippen LogP contribution in [0.4, 0.5) is 0 Å². The second-order valence-corrected chi connectivity index (χ2v) is 9.70. The zero-order valence-electron chi connectivity index (χ0n) is 19.5. The molecule has 2 aromatic carbocycles. The van der Waals surface area contributed by atoms with Crippen molar-refractivity contribution in [1.82, 2.24) is 14.7 Å². The van der Waals surface area contributed by atoms with E-state index in [0.717, 1.165) is 61.0 Å². The summed E-state index contributed by atoms with van der Waals surface area (Å²) in [4.78, 5) is 27.7. The van der Waals surface area contributed by atoms with Gasteiger partial charge >= 0.3 is 0 Å². The van der Waals surface area contributed by atoms with Gasteiger partial charge in [-0.1, -0.05) is 43.2 Å². The van der Waals surface area contributed by atoms with Crippen molar-refractivity contribution < 1.29 is 9.59 Å². The Kier molecular flexibility index (Phi) is 5.88. The Bertz CT molecular complexity index is 1170. The van der Waals surface area contributed by atoms with Gasteiger partial charge in [0.1, 0.15) is 5.78 Å². The normalized spacial score (nSPS) is 16.7. The first-order chi connectivity index (χ1) is 16.0. The van der Waals surface area contributed by atoms with Gasteiger partial charge in [-0.25, -0.2) is 0 Å². The highest BCUT2D eigenvalue weighted by Gasteiger charge is 2.32. The predicted octanol–water partition coefficient (Wildman–Crippen LogP) is 4.94. The third-order valence-electron chi connectivity index (χ3n) is 7.36. The van der Waals surface area contributed by atoms with Crippen LogP contribution >= 0.6 is 0 Å². The number of nitrogens with zero attached hydrogens (tertiary/aromatic N) is 3. The minimum absolute atomic E-state index is 0.0628. The summed E-state index contributed by atoms with van der Waals surface area (Å²) in [5, 5.41) is 4.24. The van der Waals surface area contributed by atoms with Gasteiger partial charge in [0, 0.05) is 55.7 Å². The van der Waals surface area contributed by atoms with E-state index in [1.165, 1.54) is 5.56 Å². The number of rotatable bonds is 6. The molecule has 1 saturated heterocycles. The van der Waals surface area contributed by atoms with E-state index in [4.69, 9.17) is 0 Å². The summed E-state index contributed by atoms with van der Waals surface area (Å²) >= 11 is 0. The molecule has 33 heavy (non-hydrogen) atoms. The van der Waals surface area contributed by atoms with Gasteiger partial charge in [-0.15, -0.1) is 0 Å². The van der Waals surface area contributed by atoms with E-state index in [-0.39, 0.29) is 11.8 Å². The first-order valence-corrected chi connectivity index (χ1v) is 12.0. The smallest absolute Gasteiger partial charge is 0.253 e. The first-order valence-electron chi connectivity index (χ1n) is 12.0. The number of likely N-dealkylation sites (tertiary alicyclic amines) is 1. The lowest BCUT2D eigenvalue weighted by atomic mass is 9.89. The Balaban J connectivity index is 1.21. The van der Waals surface area contributed by atoms with Crippen LogP contribution < -0.4 is 0 Å². The molecular formula is C28H31N3O2. The topological polar surface area (TPSA) is 55.2 Å². The van der Waals surface area contributed by atoms with E-state index >= 15 is 0 Å². The fourth-order valence-corrected chi connectivity index (χ4v) is 5.13. The number of benzene rings is 2. The molecule has 1 aliphatic carbocycles. The Labute approximate surface area is 195 Å². The van der Waals surface area contributed by atoms with Crippen LogP contribution in [0.25, 0.3) is 11.1 Å². The third kappa shape index (κ3) is 4.50. The van der Waals surface area contributed by atoms with Gasteiger partial charge in [-0.3, -0.25) is 14.3 Å². The lowest BCUT2D eigenvalue weighted by molar-refractivity contribution is -0.122. The third-order valence-corrected chi connectivity index (χ3v) is 7.36. The number of aryl methyl sites for hydroxylation is 2. The minimum atomic E-state index is 0.0628. The number of aromatic nitrogens is 2. The number of carbonyl (C=O) groups excluding carboxylic acids is 2. The fraction of sp³-hybridized carbons (Fsp3) is 0.393. The first kappa shape index (κ1) is 21.6. The van der Waals surface area contributed by atoms with Crippen molar-refractivity contribution in [2.24, 2.45) is 13.0 Å². The predicted molar refractivity (Wildman–Crippen MR) is 129 cm³/mol. The molecule has 2 aliphatic rings. The zero-order valence-corrected chi connectivity index (χ0v) is 19.5. The highest BCUT2D eigenvalue weighted by molar-refractivity contribution is 5.95. The van der Waals surface area contributed by atoms with Crippen molar-refractivity contribution in [3.05, 3.63) is 77.1 Å². The molecule has 0 spiro atoms. The maximum atomic E-state index is 13.1. The van der Waals surface area contributed by atoms with E-state index in [1.54, 1.807) is 4.68 Å². The van der Waals surface area contributed by atoms with Crippen LogP contribution in [0.3, 0.4) is 0 Å². The standard InChI is InChI=1S/C28H31N3O2/c1-19-7-8-23(13-24(19)14-27(32)22-5-3-4-6-22)28(33)31-17-26(18-31)21-11-9-20(10-12-21)25-15-29-30(2)16-25/h7-13,15-16,22,26H,3-6,14,17-18H2,1-2H3. The van der Waals surface area contributed by atoms with Crippen molar-refractivity contribution in [2.45, 2.75) is 44.9 Å². The van der Waals surface area contributed by atoms with Gasteiger partial charge in [0.15, 0.2) is 0 Å². The summed E-state index contributed by atoms with van der Waals surface area (Å²) in [5.74, 6) is 0.974. The molecule has 2 heterocycles. The average molecular weight is 442 g/mol. The summed E-state index contributed by atoms with van der Waals surface area (Å²) in [5.41, 5.74) is 6.31. The van der Waals surface area contributed by atoms with Crippen molar-refractivity contribution in [3.63, 3.8) is 0 Å². The zero-order chi connectivity index (χ0) is 22.9. The maximum absolute atomic E-state index is 13.1. The van der Waals surface area contributed by atoms with Gasteiger partial charge in [0.25, 0.3) is 5.91 Å². The number of Topliss-reactive ketones (excluding diaryl/α,β-unsaturated/α-hetero) is 1. The van der Waals surface area contributed by atoms with Crippen LogP contribution in [-0.4, -0.2) is 39.5 Å². The molecule has 5 nitrogen and oxygen atoms in total. The van der Waals surface area contributed by atoms with Gasteiger partial charge in [-0.05, 0) is 54.2 Å². The van der Waals surface area contributed by atoms with Crippen LogP contribution in [0, 0.1) is 12.8 Å². The fourth-order valence-electron chi connectivity index (χ4n) is 5.13. The highest BCUT2D eigenvalue weighted by atomic mass is 16.2. The summed E-state index contributed by atoms with van der Waals surface area (Å²) < 4.78 is 1.81. The molecule has 2 fully saturated rings. The van der Waals surface area contributed by atoms with Crippen LogP contribution in [0.15, 0.2) is 54.9 Å². The van der Waals surface area contributed by atoms with Crippen molar-refractivity contribution in [1.29, 1.82) is 0 Å². The molecule has 1 aromatic heterocycles. The van der Waals surface area contributed by atoms with Crippen LogP contribution in [-0.2, 0) is 18.3 Å². The van der Waals surface area contributed by atoms with E-state index in [0.29, 0.717) is 23.7 Å². The molecule has 5 rings (SSSR count). The molecule has 0 unspecified atom stereocenters. The molecule has 1 saturated carbocycles. The van der Waals surface area contributed by atoms with E-state index in [9.17, 15) is 9.59 Å². The van der Waals surface area contributed by atoms with Crippen LogP contribution in [0.1, 0.15) is 58.6 Å². The molecule has 1 amide bonds. The van der Waals surface area contributed by atoms with Crippen molar-refractivity contribution in [2.75, 3.05) is 13.1 Å². The summed E-state index contributed by atoms with van der Waals surface area (Å²) in [7, 11) is 1.92. The molecule has 3 aromatic rings. The second kappa shape index (κ2) is 8.97. The monoisotopic (exact) mass is 441 g/mol. The van der Waals surface area contributed by atoms with Gasteiger partial charge in [0.2, 0.25) is 0 Å². The van der Waals surface area contributed by atoms with E-state index < -0.39 is 0 Å². The number of hydrogen-bond donors (Lipinski definition) is 0. The lowest BCUT2D eigenvalue weighted by Crippen LogP contribution is -2.48. The summed E-state index contributed by atoms with van der Waals surface area (Å²) in [6, 6.07) is 14.4. The lowest BCUT2D eigenvalue weighted by Gasteiger charge is -2.39. The Morgan fingerprint density at radius 3 is 2.39 bits per heavy atom. The molecule has 0 bridgehead atoms. The van der Waals surface area contributed by atoms with E-state index in [1.807, 2.05) is 49.5 Å². The Morgan fingerprint density at radius 1 is 1.00 bits per heavy atom. The maximum Gasteiger partial charge on any atom is 0.253 e. The Morgan fingerprint density at radius 2 is 1.73 bits per heavy atom. The van der Waals surface area contributed by atoms with Crippen molar-refractivity contribution >= 4 is 11.7 Å². The summed E-state index contributed by atoms with van der Waals surface area (Å²) in [6.45, 7) is 3.49. The molecule has 0 atom stereocenters. The van der Waals surface area contributed by atoms with E-state index in [2.05, 4.69) is 29.4 Å². The van der Waals surface area contributed by atoms with Gasteiger partial charge in [0.05, 0.1) is 6.20 Å². The van der Waals surface area contributed by atoms with Gasteiger partial charge in [-0.2, -0.15) is 5.10 Å². The number of amides is 1. The SMILES string of the molecule is Cc1ccc(C(=O)N2CC(c3ccc(-c4cnn(C)c4)cc3)C2)cc1CC(=O)C1CCCC1. The van der Waals surface area contributed by atoms with Gasteiger partial charge < -0.3 is 4.90 Å². The highest BCUT2D eigenvalue weighted by Crippen LogP contribution is 2.31. The summed E-state index contributed by atoms with van der Waals surface area (Å²) in [6.07, 6.45) is 8.70. The molecule has 0 radical (unpaired) electrons. The molecule has 1 aliphatic heterocycles. The molecule has 0 N–H and O–H groups in total. The second-order valence-electron chi connectivity index (χ2n) is 9.70. The Hall–Kier alpha value is -3.21. The number of ketones is 1. The quantitative estimate of drug-likeness (QED) is 0.545. The number of hydrogen-bond acceptors (Lipinski definition) is 3. The molecule has 5 heteroatoms. The van der Waals surface area contributed by atoms with Crippen LogP contribution in [0.2, 0.25) is 0 Å². The largest absolute Gasteiger partial charge is 0.337 e. The van der Waals surface area contributed by atoms with Crippen molar-refractivity contribution in [3.8, 4) is 11.1 Å². The molecule has 170 valence electrons. The molecular weight excluding hydrogens is 410 g/mol. The van der Waals surface area contributed by atoms with Crippen LogP contribution in [0.5, 0.6) is 0 Å². The number of carbonyl (C=O) groups is 2.